The Morgan fingerprint density at radius 1 is 1.08 bits per heavy atom. The molecule has 2 fully saturated rings. The molecule has 2 rings (SSSR count). The van der Waals surface area contributed by atoms with Crippen molar-refractivity contribution in [3.05, 3.63) is 0 Å². The number of nitrogens with zero attached hydrogens (tertiary/aromatic N) is 1. The molecule has 1 heterocycles. The Bertz CT molecular complexity index is 575. The Kier molecular flexibility index (Phi) is 10.2. The largest absolute Gasteiger partial charge is 0.357 e. The molecule has 152 valence electrons. The molecule has 0 spiro atoms. The van der Waals surface area contributed by atoms with Crippen LogP contribution < -0.4 is 16.0 Å². The predicted octanol–water partition coefficient (Wildman–Crippen LogP) is 1.43. The van der Waals surface area contributed by atoms with Gasteiger partial charge in [-0.15, -0.1) is 24.0 Å². The monoisotopic (exact) mass is 500 g/mol. The van der Waals surface area contributed by atoms with Gasteiger partial charge in [0, 0.05) is 25.0 Å². The average Bonchev–Trinajstić information content (AvgIpc) is 2.88. The van der Waals surface area contributed by atoms with Crippen molar-refractivity contribution in [2.45, 2.75) is 64.5 Å². The maximum absolute atomic E-state index is 12.0. The minimum absolute atomic E-state index is 0. The van der Waals surface area contributed by atoms with Crippen LogP contribution in [0.1, 0.15) is 52.4 Å². The molecule has 1 unspecified atom stereocenters. The maximum Gasteiger partial charge on any atom is 0.222 e. The van der Waals surface area contributed by atoms with Gasteiger partial charge in [0.1, 0.15) is 0 Å². The van der Waals surface area contributed by atoms with E-state index in [1.54, 1.807) is 0 Å². The number of carbonyl (C=O) groups excluding carboxylic acids is 1. The maximum atomic E-state index is 12.0. The Morgan fingerprint density at radius 3 is 2.35 bits per heavy atom. The standard InChI is InChI=1S/C17H32N4O3S.HI/c1-3-18-17(21-14-6-4-13(2)5-7-14)19-10-8-16(22)20-15-9-11-25(23,24)12-15;/h13-15H,3-12H2,1-2H3,(H,20,22)(H2,18,19,21);1H. The van der Waals surface area contributed by atoms with Crippen LogP contribution in [0.15, 0.2) is 4.99 Å². The molecule has 2 aliphatic rings. The van der Waals surface area contributed by atoms with Crippen LogP contribution >= 0.6 is 24.0 Å². The van der Waals surface area contributed by atoms with Gasteiger partial charge < -0.3 is 16.0 Å². The molecule has 26 heavy (non-hydrogen) atoms. The third-order valence-electron chi connectivity index (χ3n) is 4.91. The van der Waals surface area contributed by atoms with Crippen LogP contribution in [0.3, 0.4) is 0 Å². The Morgan fingerprint density at radius 2 is 1.77 bits per heavy atom. The number of hydrogen-bond donors (Lipinski definition) is 3. The zero-order chi connectivity index (χ0) is 18.3. The van der Waals surface area contributed by atoms with Gasteiger partial charge in [0.2, 0.25) is 5.91 Å². The van der Waals surface area contributed by atoms with Gasteiger partial charge in [-0.25, -0.2) is 8.42 Å². The Balaban J connectivity index is 0.00000338. The fourth-order valence-corrected chi connectivity index (χ4v) is 5.07. The van der Waals surface area contributed by atoms with E-state index in [1.165, 1.54) is 12.8 Å². The zero-order valence-corrected chi connectivity index (χ0v) is 18.9. The van der Waals surface area contributed by atoms with Crippen LogP contribution in [0.4, 0.5) is 0 Å². The van der Waals surface area contributed by atoms with Gasteiger partial charge >= 0.3 is 0 Å². The summed E-state index contributed by atoms with van der Waals surface area (Å²) in [5.74, 6) is 1.67. The summed E-state index contributed by atoms with van der Waals surface area (Å²) < 4.78 is 22.8. The zero-order valence-electron chi connectivity index (χ0n) is 15.8. The van der Waals surface area contributed by atoms with Crippen molar-refractivity contribution in [2.24, 2.45) is 10.9 Å². The lowest BCUT2D eigenvalue weighted by molar-refractivity contribution is -0.121. The summed E-state index contributed by atoms with van der Waals surface area (Å²) in [5, 5.41) is 9.49. The predicted molar refractivity (Wildman–Crippen MR) is 116 cm³/mol. The molecular formula is C17H33IN4O3S. The number of rotatable bonds is 6. The summed E-state index contributed by atoms with van der Waals surface area (Å²) in [5.41, 5.74) is 0. The number of amides is 1. The Labute approximate surface area is 174 Å². The SMILES string of the molecule is CCNC(=NCCC(=O)NC1CCS(=O)(=O)C1)NC1CCC(C)CC1.I. The van der Waals surface area contributed by atoms with E-state index in [9.17, 15) is 13.2 Å². The van der Waals surface area contributed by atoms with E-state index in [1.807, 2.05) is 6.92 Å². The summed E-state index contributed by atoms with van der Waals surface area (Å²) in [6.45, 7) is 5.49. The molecule has 1 atom stereocenters. The first kappa shape index (κ1) is 23.5. The first-order valence-electron chi connectivity index (χ1n) is 9.42. The molecule has 1 amide bonds. The second kappa shape index (κ2) is 11.3. The van der Waals surface area contributed by atoms with Crippen LogP contribution in [-0.4, -0.2) is 57.0 Å². The Hall–Kier alpha value is -0.580. The van der Waals surface area contributed by atoms with Crippen LogP contribution in [0.5, 0.6) is 0 Å². The lowest BCUT2D eigenvalue weighted by atomic mass is 9.87. The van der Waals surface area contributed by atoms with E-state index in [2.05, 4.69) is 27.9 Å². The minimum atomic E-state index is -2.97. The fraction of sp³-hybridized carbons (Fsp3) is 0.882. The van der Waals surface area contributed by atoms with Gasteiger partial charge in [0.05, 0.1) is 18.1 Å². The highest BCUT2D eigenvalue weighted by atomic mass is 127. The molecule has 9 heteroatoms. The van der Waals surface area contributed by atoms with Crippen molar-refractivity contribution < 1.29 is 13.2 Å². The van der Waals surface area contributed by atoms with Crippen LogP contribution in [0.2, 0.25) is 0 Å². The highest BCUT2D eigenvalue weighted by molar-refractivity contribution is 14.0. The second-order valence-corrected chi connectivity index (χ2v) is 9.51. The third kappa shape index (κ3) is 8.41. The summed E-state index contributed by atoms with van der Waals surface area (Å²) >= 11 is 0. The molecule has 1 aliphatic carbocycles. The second-order valence-electron chi connectivity index (χ2n) is 7.28. The normalized spacial score (nSPS) is 28.1. The van der Waals surface area contributed by atoms with Gasteiger partial charge in [-0.1, -0.05) is 6.92 Å². The van der Waals surface area contributed by atoms with Crippen molar-refractivity contribution in [3.8, 4) is 0 Å². The van der Waals surface area contributed by atoms with Crippen molar-refractivity contribution in [1.82, 2.24) is 16.0 Å². The van der Waals surface area contributed by atoms with E-state index in [0.29, 0.717) is 19.0 Å². The first-order valence-corrected chi connectivity index (χ1v) is 11.2. The molecule has 1 saturated heterocycles. The molecule has 1 saturated carbocycles. The summed E-state index contributed by atoms with van der Waals surface area (Å²) in [6, 6.07) is 0.212. The summed E-state index contributed by atoms with van der Waals surface area (Å²) in [7, 11) is -2.97. The summed E-state index contributed by atoms with van der Waals surface area (Å²) in [4.78, 5) is 16.4. The highest BCUT2D eigenvalue weighted by Crippen LogP contribution is 2.23. The van der Waals surface area contributed by atoms with E-state index in [0.717, 1.165) is 31.3 Å². The molecule has 0 aromatic rings. The molecule has 0 aromatic heterocycles. The molecular weight excluding hydrogens is 467 g/mol. The molecule has 3 N–H and O–H groups in total. The molecule has 0 radical (unpaired) electrons. The molecule has 0 aromatic carbocycles. The average molecular weight is 500 g/mol. The number of sulfone groups is 1. The number of halogens is 1. The van der Waals surface area contributed by atoms with Crippen LogP contribution in [0.25, 0.3) is 0 Å². The number of hydrogen-bond acceptors (Lipinski definition) is 4. The van der Waals surface area contributed by atoms with Gasteiger partial charge in [-0.3, -0.25) is 9.79 Å². The lowest BCUT2D eigenvalue weighted by Crippen LogP contribution is -2.45. The number of aliphatic imine (C=N–C) groups is 1. The first-order chi connectivity index (χ1) is 11.9. The van der Waals surface area contributed by atoms with Gasteiger partial charge in [0.25, 0.3) is 0 Å². The van der Waals surface area contributed by atoms with Gasteiger partial charge in [-0.2, -0.15) is 0 Å². The van der Waals surface area contributed by atoms with E-state index >= 15 is 0 Å². The number of guanidine groups is 1. The number of carbonyl (C=O) groups is 1. The van der Waals surface area contributed by atoms with Crippen molar-refractivity contribution in [2.75, 3.05) is 24.6 Å². The van der Waals surface area contributed by atoms with Crippen molar-refractivity contribution >= 4 is 45.7 Å². The van der Waals surface area contributed by atoms with Crippen molar-refractivity contribution in [1.29, 1.82) is 0 Å². The topological polar surface area (TPSA) is 99.7 Å². The molecule has 0 bridgehead atoms. The molecule has 7 nitrogen and oxygen atoms in total. The van der Waals surface area contributed by atoms with E-state index in [-0.39, 0.29) is 53.9 Å². The third-order valence-corrected chi connectivity index (χ3v) is 6.68. The number of nitrogens with one attached hydrogen (secondary N) is 3. The fourth-order valence-electron chi connectivity index (χ4n) is 3.40. The van der Waals surface area contributed by atoms with Crippen molar-refractivity contribution in [3.63, 3.8) is 0 Å². The minimum Gasteiger partial charge on any atom is -0.357 e. The lowest BCUT2D eigenvalue weighted by Gasteiger charge is -2.28. The smallest absolute Gasteiger partial charge is 0.222 e. The quantitative estimate of drug-likeness (QED) is 0.291. The van der Waals surface area contributed by atoms with Crippen LogP contribution in [-0.2, 0) is 14.6 Å². The van der Waals surface area contributed by atoms with Gasteiger partial charge in [0.15, 0.2) is 15.8 Å². The van der Waals surface area contributed by atoms with Gasteiger partial charge in [-0.05, 0) is 44.9 Å². The summed E-state index contributed by atoms with van der Waals surface area (Å²) in [6.07, 6.45) is 5.58. The van der Waals surface area contributed by atoms with E-state index < -0.39 is 9.84 Å². The van der Waals surface area contributed by atoms with E-state index in [4.69, 9.17) is 0 Å². The van der Waals surface area contributed by atoms with Crippen LogP contribution in [0, 0.1) is 5.92 Å². The molecule has 1 aliphatic heterocycles. The highest BCUT2D eigenvalue weighted by Gasteiger charge is 2.28.